The molecule has 0 saturated heterocycles. The second-order valence-corrected chi connectivity index (χ2v) is 4.48. The van der Waals surface area contributed by atoms with Gasteiger partial charge >= 0.3 is 0 Å². The number of nitrogens with zero attached hydrogens (tertiary/aromatic N) is 2. The summed E-state index contributed by atoms with van der Waals surface area (Å²) in [6.45, 7) is 4.50. The Labute approximate surface area is 92.0 Å². The van der Waals surface area contributed by atoms with Crippen molar-refractivity contribution >= 4 is 22.6 Å². The molecule has 1 aliphatic heterocycles. The van der Waals surface area contributed by atoms with Gasteiger partial charge in [0.05, 0.1) is 11.9 Å². The Bertz CT molecular complexity index is 284. The SMILES string of the molecule is CC(CI)N1CCc2cn[nH]c2C1. The zero-order valence-corrected chi connectivity index (χ0v) is 9.91. The van der Waals surface area contributed by atoms with E-state index in [-0.39, 0.29) is 0 Å². The first kappa shape index (κ1) is 9.45. The number of hydrogen-bond donors (Lipinski definition) is 1. The van der Waals surface area contributed by atoms with Gasteiger partial charge in [0.2, 0.25) is 0 Å². The third-order valence-corrected chi connectivity index (χ3v) is 3.96. The Morgan fingerprint density at radius 2 is 2.62 bits per heavy atom. The lowest BCUT2D eigenvalue weighted by Gasteiger charge is -2.30. The zero-order chi connectivity index (χ0) is 9.26. The minimum Gasteiger partial charge on any atom is -0.294 e. The van der Waals surface area contributed by atoms with Crippen LogP contribution >= 0.6 is 22.6 Å². The average molecular weight is 291 g/mol. The molecule has 0 spiro atoms. The van der Waals surface area contributed by atoms with Crippen molar-refractivity contribution in [1.82, 2.24) is 15.1 Å². The van der Waals surface area contributed by atoms with E-state index in [9.17, 15) is 0 Å². The molecular weight excluding hydrogens is 277 g/mol. The summed E-state index contributed by atoms with van der Waals surface area (Å²) in [4.78, 5) is 2.51. The number of aromatic amines is 1. The third kappa shape index (κ3) is 1.88. The molecule has 1 aromatic rings. The third-order valence-electron chi connectivity index (χ3n) is 2.68. The molecule has 0 amide bonds. The first-order chi connectivity index (χ1) is 6.31. The molecule has 1 aliphatic rings. The van der Waals surface area contributed by atoms with E-state index >= 15 is 0 Å². The minimum atomic E-state index is 0.678. The molecule has 2 heterocycles. The quantitative estimate of drug-likeness (QED) is 0.663. The van der Waals surface area contributed by atoms with E-state index in [1.54, 1.807) is 0 Å². The molecule has 0 radical (unpaired) electrons. The highest BCUT2D eigenvalue weighted by Gasteiger charge is 2.20. The van der Waals surface area contributed by atoms with Crippen molar-refractivity contribution < 1.29 is 0 Å². The van der Waals surface area contributed by atoms with Gasteiger partial charge in [0.15, 0.2) is 0 Å². The number of H-pyrrole nitrogens is 1. The molecule has 1 aromatic heterocycles. The lowest BCUT2D eigenvalue weighted by molar-refractivity contribution is 0.206. The summed E-state index contributed by atoms with van der Waals surface area (Å²) >= 11 is 2.45. The average Bonchev–Trinajstić information content (AvgIpc) is 2.63. The van der Waals surface area contributed by atoms with Gasteiger partial charge in [0, 0.05) is 23.6 Å². The van der Waals surface area contributed by atoms with Crippen LogP contribution in [-0.2, 0) is 13.0 Å². The van der Waals surface area contributed by atoms with Crippen LogP contribution in [-0.4, -0.2) is 32.1 Å². The second-order valence-electron chi connectivity index (χ2n) is 3.60. The van der Waals surface area contributed by atoms with Crippen molar-refractivity contribution in [1.29, 1.82) is 0 Å². The fourth-order valence-electron chi connectivity index (χ4n) is 1.71. The predicted molar refractivity (Wildman–Crippen MR) is 61.1 cm³/mol. The summed E-state index contributed by atoms with van der Waals surface area (Å²) in [5.74, 6) is 0. The molecule has 0 aliphatic carbocycles. The lowest BCUT2D eigenvalue weighted by atomic mass is 10.1. The zero-order valence-electron chi connectivity index (χ0n) is 7.76. The van der Waals surface area contributed by atoms with Gasteiger partial charge < -0.3 is 0 Å². The van der Waals surface area contributed by atoms with Gasteiger partial charge in [-0.25, -0.2) is 0 Å². The number of nitrogens with one attached hydrogen (secondary N) is 1. The second kappa shape index (κ2) is 3.96. The van der Waals surface area contributed by atoms with Crippen LogP contribution in [0.25, 0.3) is 0 Å². The van der Waals surface area contributed by atoms with Gasteiger partial charge in [0.25, 0.3) is 0 Å². The summed E-state index contributed by atoms with van der Waals surface area (Å²) in [5.41, 5.74) is 2.71. The molecule has 2 rings (SSSR count). The minimum absolute atomic E-state index is 0.678. The van der Waals surface area contributed by atoms with Crippen LogP contribution in [0.4, 0.5) is 0 Å². The number of halogens is 1. The fraction of sp³-hybridized carbons (Fsp3) is 0.667. The van der Waals surface area contributed by atoms with Crippen molar-refractivity contribution in [2.75, 3.05) is 11.0 Å². The number of fused-ring (bicyclic) bond motifs is 1. The Hall–Kier alpha value is -0.100. The number of hydrogen-bond acceptors (Lipinski definition) is 2. The molecular formula is C9H14IN3. The van der Waals surface area contributed by atoms with E-state index in [0.29, 0.717) is 6.04 Å². The maximum atomic E-state index is 4.07. The molecule has 1 unspecified atom stereocenters. The molecule has 4 heteroatoms. The van der Waals surface area contributed by atoms with Crippen LogP contribution in [0.15, 0.2) is 6.20 Å². The molecule has 0 saturated carbocycles. The van der Waals surface area contributed by atoms with Crippen LogP contribution in [0.3, 0.4) is 0 Å². The van der Waals surface area contributed by atoms with E-state index in [2.05, 4.69) is 44.6 Å². The Balaban J connectivity index is 2.08. The summed E-state index contributed by atoms with van der Waals surface area (Å²) < 4.78 is 1.20. The van der Waals surface area contributed by atoms with Crippen molar-refractivity contribution in [3.63, 3.8) is 0 Å². The number of alkyl halides is 1. The van der Waals surface area contributed by atoms with E-state index in [4.69, 9.17) is 0 Å². The molecule has 3 nitrogen and oxygen atoms in total. The normalized spacial score (nSPS) is 19.8. The standard InChI is InChI=1S/C9H14IN3/c1-7(4-10)13-3-2-8-5-11-12-9(8)6-13/h5,7H,2-4,6H2,1H3,(H,11,12). The van der Waals surface area contributed by atoms with Crippen LogP contribution < -0.4 is 0 Å². The van der Waals surface area contributed by atoms with Crippen LogP contribution in [0.5, 0.6) is 0 Å². The number of aromatic nitrogens is 2. The molecule has 0 aromatic carbocycles. The van der Waals surface area contributed by atoms with Crippen LogP contribution in [0.1, 0.15) is 18.2 Å². The van der Waals surface area contributed by atoms with Crippen LogP contribution in [0, 0.1) is 0 Å². The van der Waals surface area contributed by atoms with Gasteiger partial charge in [-0.1, -0.05) is 22.6 Å². The van der Waals surface area contributed by atoms with Crippen molar-refractivity contribution in [2.45, 2.75) is 25.9 Å². The van der Waals surface area contributed by atoms with E-state index < -0.39 is 0 Å². The lowest BCUT2D eigenvalue weighted by Crippen LogP contribution is -2.38. The van der Waals surface area contributed by atoms with Gasteiger partial charge in [-0.2, -0.15) is 5.10 Å². The molecule has 1 atom stereocenters. The highest BCUT2D eigenvalue weighted by atomic mass is 127. The Morgan fingerprint density at radius 1 is 1.77 bits per heavy atom. The van der Waals surface area contributed by atoms with E-state index in [1.807, 2.05) is 6.20 Å². The summed E-state index contributed by atoms with van der Waals surface area (Å²) in [7, 11) is 0. The van der Waals surface area contributed by atoms with Crippen molar-refractivity contribution in [2.24, 2.45) is 0 Å². The van der Waals surface area contributed by atoms with Crippen molar-refractivity contribution in [3.05, 3.63) is 17.5 Å². The number of rotatable bonds is 2. The Morgan fingerprint density at radius 3 is 3.38 bits per heavy atom. The van der Waals surface area contributed by atoms with Gasteiger partial charge in [0.1, 0.15) is 0 Å². The molecule has 13 heavy (non-hydrogen) atoms. The predicted octanol–water partition coefficient (Wildman–Crippen LogP) is 1.59. The fourth-order valence-corrected chi connectivity index (χ4v) is 2.27. The van der Waals surface area contributed by atoms with Gasteiger partial charge in [-0.05, 0) is 18.9 Å². The smallest absolute Gasteiger partial charge is 0.0524 e. The molecule has 0 fully saturated rings. The highest BCUT2D eigenvalue weighted by Crippen LogP contribution is 2.18. The molecule has 1 N–H and O–H groups in total. The monoisotopic (exact) mass is 291 g/mol. The summed E-state index contributed by atoms with van der Waals surface area (Å²) in [6, 6.07) is 0.678. The maximum absolute atomic E-state index is 4.07. The molecule has 72 valence electrons. The largest absolute Gasteiger partial charge is 0.294 e. The van der Waals surface area contributed by atoms with Gasteiger partial charge in [-0.15, -0.1) is 0 Å². The van der Waals surface area contributed by atoms with Crippen molar-refractivity contribution in [3.8, 4) is 0 Å². The topological polar surface area (TPSA) is 31.9 Å². The summed E-state index contributed by atoms with van der Waals surface area (Å²) in [6.07, 6.45) is 3.11. The molecule has 0 bridgehead atoms. The van der Waals surface area contributed by atoms with E-state index in [0.717, 1.165) is 13.0 Å². The Kier molecular flexibility index (Phi) is 2.88. The van der Waals surface area contributed by atoms with Gasteiger partial charge in [-0.3, -0.25) is 10.00 Å². The first-order valence-corrected chi connectivity index (χ1v) is 6.15. The summed E-state index contributed by atoms with van der Waals surface area (Å²) in [5, 5.41) is 7.14. The highest BCUT2D eigenvalue weighted by molar-refractivity contribution is 14.1. The maximum Gasteiger partial charge on any atom is 0.0524 e. The first-order valence-electron chi connectivity index (χ1n) is 4.62. The van der Waals surface area contributed by atoms with E-state index in [1.165, 1.54) is 22.2 Å². The van der Waals surface area contributed by atoms with Crippen LogP contribution in [0.2, 0.25) is 0 Å².